The van der Waals surface area contributed by atoms with E-state index < -0.39 is 6.04 Å². The van der Waals surface area contributed by atoms with Crippen LogP contribution in [0.5, 0.6) is 11.5 Å². The van der Waals surface area contributed by atoms with Crippen LogP contribution in [0.1, 0.15) is 17.2 Å². The highest BCUT2D eigenvalue weighted by Crippen LogP contribution is 2.32. The van der Waals surface area contributed by atoms with Crippen molar-refractivity contribution in [2.75, 3.05) is 20.0 Å². The number of aromatic nitrogens is 1. The molecule has 1 aromatic heterocycles. The van der Waals surface area contributed by atoms with Gasteiger partial charge in [-0.25, -0.2) is 4.98 Å². The van der Waals surface area contributed by atoms with Crippen LogP contribution in [0.25, 0.3) is 0 Å². The van der Waals surface area contributed by atoms with Gasteiger partial charge in [0, 0.05) is 11.8 Å². The summed E-state index contributed by atoms with van der Waals surface area (Å²) in [6, 6.07) is 6.73. The van der Waals surface area contributed by atoms with Crippen LogP contribution in [0.15, 0.2) is 30.5 Å². The van der Waals surface area contributed by atoms with Crippen molar-refractivity contribution in [3.05, 3.63) is 46.6 Å². The van der Waals surface area contributed by atoms with E-state index in [1.54, 1.807) is 26.4 Å². The van der Waals surface area contributed by atoms with Gasteiger partial charge in [-0.2, -0.15) is 0 Å². The van der Waals surface area contributed by atoms with Gasteiger partial charge in [-0.15, -0.1) is 0 Å². The van der Waals surface area contributed by atoms with Crippen molar-refractivity contribution < 1.29 is 9.47 Å². The lowest BCUT2D eigenvalue weighted by Gasteiger charge is -2.16. The van der Waals surface area contributed by atoms with Crippen LogP contribution in [0.4, 0.5) is 5.82 Å². The van der Waals surface area contributed by atoms with Gasteiger partial charge >= 0.3 is 0 Å². The lowest BCUT2D eigenvalue weighted by molar-refractivity contribution is 0.354. The number of anilines is 1. The molecule has 0 aliphatic carbocycles. The molecule has 0 aliphatic heterocycles. The molecule has 0 amide bonds. The van der Waals surface area contributed by atoms with E-state index in [1.165, 1.54) is 6.20 Å². The molecule has 0 fully saturated rings. The van der Waals surface area contributed by atoms with E-state index >= 15 is 0 Å². The topological polar surface area (TPSA) is 83.4 Å². The van der Waals surface area contributed by atoms with E-state index in [2.05, 4.69) is 4.98 Å². The van der Waals surface area contributed by atoms with Gasteiger partial charge in [0.05, 0.1) is 25.3 Å². The Kier molecular flexibility index (Phi) is 4.32. The predicted octanol–water partition coefficient (Wildman–Crippen LogP) is 2.38. The molecule has 0 saturated heterocycles. The quantitative estimate of drug-likeness (QED) is 0.904. The maximum atomic E-state index is 6.23. The SMILES string of the molecule is COc1ccc(C(N)c2cc(Cl)cnc2N)cc1OC. The first-order valence-corrected chi connectivity index (χ1v) is 6.33. The van der Waals surface area contributed by atoms with Gasteiger partial charge in [0.25, 0.3) is 0 Å². The number of hydrogen-bond acceptors (Lipinski definition) is 5. The number of methoxy groups -OCH3 is 2. The second-order valence-electron chi connectivity index (χ2n) is 4.22. The smallest absolute Gasteiger partial charge is 0.161 e. The third-order valence-electron chi connectivity index (χ3n) is 3.02. The third kappa shape index (κ3) is 2.79. The molecule has 1 unspecified atom stereocenters. The average molecular weight is 294 g/mol. The van der Waals surface area contributed by atoms with Crippen LogP contribution in [0, 0.1) is 0 Å². The van der Waals surface area contributed by atoms with Crippen molar-refractivity contribution in [2.45, 2.75) is 6.04 Å². The molecule has 1 heterocycles. The number of ether oxygens (including phenoxy) is 2. The van der Waals surface area contributed by atoms with Crippen molar-refractivity contribution in [2.24, 2.45) is 5.73 Å². The maximum Gasteiger partial charge on any atom is 0.161 e. The summed E-state index contributed by atoms with van der Waals surface area (Å²) < 4.78 is 10.5. The molecule has 2 rings (SSSR count). The number of nitrogens with zero attached hydrogens (tertiary/aromatic N) is 1. The molecule has 0 spiro atoms. The minimum atomic E-state index is -0.444. The normalized spacial score (nSPS) is 12.0. The van der Waals surface area contributed by atoms with Crippen molar-refractivity contribution in [3.8, 4) is 11.5 Å². The lowest BCUT2D eigenvalue weighted by Crippen LogP contribution is -2.15. The fourth-order valence-corrected chi connectivity index (χ4v) is 2.11. The summed E-state index contributed by atoms with van der Waals surface area (Å²) in [4.78, 5) is 4.01. The molecule has 1 aromatic carbocycles. The first-order valence-electron chi connectivity index (χ1n) is 5.95. The Bertz CT molecular complexity index is 619. The summed E-state index contributed by atoms with van der Waals surface area (Å²) in [5.41, 5.74) is 13.6. The van der Waals surface area contributed by atoms with E-state index in [0.29, 0.717) is 27.9 Å². The maximum absolute atomic E-state index is 6.23. The molecular formula is C14H16ClN3O2. The summed E-state index contributed by atoms with van der Waals surface area (Å²) in [7, 11) is 3.15. The Balaban J connectivity index is 2.42. The van der Waals surface area contributed by atoms with Crippen molar-refractivity contribution in [1.82, 2.24) is 4.98 Å². The fourth-order valence-electron chi connectivity index (χ4n) is 1.94. The van der Waals surface area contributed by atoms with Gasteiger partial charge in [-0.1, -0.05) is 17.7 Å². The average Bonchev–Trinajstić information content (AvgIpc) is 2.48. The second kappa shape index (κ2) is 5.98. The minimum Gasteiger partial charge on any atom is -0.493 e. The number of nitrogen functional groups attached to an aromatic ring is 1. The molecule has 0 aliphatic rings. The Hall–Kier alpha value is -1.98. The lowest BCUT2D eigenvalue weighted by atomic mass is 10.00. The monoisotopic (exact) mass is 293 g/mol. The molecule has 5 nitrogen and oxygen atoms in total. The van der Waals surface area contributed by atoms with Crippen LogP contribution in [-0.2, 0) is 0 Å². The molecule has 2 aromatic rings. The summed E-state index contributed by atoms with van der Waals surface area (Å²) in [6.07, 6.45) is 1.49. The molecular weight excluding hydrogens is 278 g/mol. The molecule has 0 radical (unpaired) electrons. The number of hydrogen-bond donors (Lipinski definition) is 2. The van der Waals surface area contributed by atoms with Gasteiger partial charge in [-0.05, 0) is 23.8 Å². The fraction of sp³-hybridized carbons (Fsp3) is 0.214. The Morgan fingerprint density at radius 2 is 1.85 bits per heavy atom. The van der Waals surface area contributed by atoms with E-state index in [0.717, 1.165) is 5.56 Å². The van der Waals surface area contributed by atoms with E-state index in [-0.39, 0.29) is 0 Å². The first-order chi connectivity index (χ1) is 9.56. The van der Waals surface area contributed by atoms with Crippen molar-refractivity contribution in [1.29, 1.82) is 0 Å². The van der Waals surface area contributed by atoms with Crippen LogP contribution < -0.4 is 20.9 Å². The summed E-state index contributed by atoms with van der Waals surface area (Å²) in [5.74, 6) is 1.60. The Morgan fingerprint density at radius 3 is 2.50 bits per heavy atom. The van der Waals surface area contributed by atoms with E-state index in [1.807, 2.05) is 12.1 Å². The molecule has 4 N–H and O–H groups in total. The Labute approximate surface area is 122 Å². The number of benzene rings is 1. The van der Waals surface area contributed by atoms with Gasteiger partial charge in [0.2, 0.25) is 0 Å². The van der Waals surface area contributed by atoms with E-state index in [4.69, 9.17) is 32.5 Å². The van der Waals surface area contributed by atoms with Crippen molar-refractivity contribution >= 4 is 17.4 Å². The van der Waals surface area contributed by atoms with Crippen LogP contribution >= 0.6 is 11.6 Å². The number of halogens is 1. The second-order valence-corrected chi connectivity index (χ2v) is 4.66. The third-order valence-corrected chi connectivity index (χ3v) is 3.22. The minimum absolute atomic E-state index is 0.358. The number of pyridine rings is 1. The highest BCUT2D eigenvalue weighted by molar-refractivity contribution is 6.30. The van der Waals surface area contributed by atoms with Gasteiger partial charge in [-0.3, -0.25) is 0 Å². The van der Waals surface area contributed by atoms with Crippen molar-refractivity contribution in [3.63, 3.8) is 0 Å². The summed E-state index contributed by atoms with van der Waals surface area (Å²) in [5, 5.41) is 0.491. The Morgan fingerprint density at radius 1 is 1.15 bits per heavy atom. The molecule has 0 bridgehead atoms. The van der Waals surface area contributed by atoms with Crippen LogP contribution in [-0.4, -0.2) is 19.2 Å². The van der Waals surface area contributed by atoms with Gasteiger partial charge in [0.1, 0.15) is 5.82 Å². The van der Waals surface area contributed by atoms with Gasteiger partial charge in [0.15, 0.2) is 11.5 Å². The molecule has 20 heavy (non-hydrogen) atoms. The summed E-state index contributed by atoms with van der Waals surface area (Å²) in [6.45, 7) is 0. The molecule has 106 valence electrons. The number of rotatable bonds is 4. The van der Waals surface area contributed by atoms with Crippen LogP contribution in [0.2, 0.25) is 5.02 Å². The highest BCUT2D eigenvalue weighted by atomic mass is 35.5. The summed E-state index contributed by atoms with van der Waals surface area (Å²) >= 11 is 5.94. The molecule has 1 atom stereocenters. The largest absolute Gasteiger partial charge is 0.493 e. The standard InChI is InChI=1S/C14H16ClN3O2/c1-19-11-4-3-8(5-12(11)20-2)13(16)10-6-9(15)7-18-14(10)17/h3-7,13H,16H2,1-2H3,(H2,17,18). The van der Waals surface area contributed by atoms with E-state index in [9.17, 15) is 0 Å². The molecule has 6 heteroatoms. The zero-order valence-corrected chi connectivity index (χ0v) is 12.0. The number of nitrogens with two attached hydrogens (primary N) is 2. The predicted molar refractivity (Wildman–Crippen MR) is 79.2 cm³/mol. The van der Waals surface area contributed by atoms with Crippen LogP contribution in [0.3, 0.4) is 0 Å². The highest BCUT2D eigenvalue weighted by Gasteiger charge is 2.16. The first kappa shape index (κ1) is 14.4. The zero-order valence-electron chi connectivity index (χ0n) is 11.3. The zero-order chi connectivity index (χ0) is 14.7. The van der Waals surface area contributed by atoms with Gasteiger partial charge < -0.3 is 20.9 Å². The molecule has 0 saturated carbocycles.